The van der Waals surface area contributed by atoms with Gasteiger partial charge >= 0.3 is 5.97 Å². The lowest BCUT2D eigenvalue weighted by Gasteiger charge is -2.08. The van der Waals surface area contributed by atoms with Crippen molar-refractivity contribution in [3.05, 3.63) is 54.4 Å². The molecule has 1 amide bonds. The van der Waals surface area contributed by atoms with E-state index >= 15 is 0 Å². The highest BCUT2D eigenvalue weighted by molar-refractivity contribution is 5.92. The molecule has 0 fully saturated rings. The Morgan fingerprint density at radius 1 is 1.12 bits per heavy atom. The second-order valence-corrected chi connectivity index (χ2v) is 5.52. The van der Waals surface area contributed by atoms with E-state index in [0.29, 0.717) is 22.9 Å². The van der Waals surface area contributed by atoms with Crippen molar-refractivity contribution in [1.29, 1.82) is 0 Å². The SMILES string of the molecule is COC(=O)CCC(=O)Nc1cccc(OCc2nc3ccccc3o2)c1. The molecule has 0 aliphatic heterocycles. The largest absolute Gasteiger partial charge is 0.484 e. The molecular formula is C19H18N2O5. The number of nitrogens with zero attached hydrogens (tertiary/aromatic N) is 1. The van der Waals surface area contributed by atoms with E-state index in [-0.39, 0.29) is 25.4 Å². The van der Waals surface area contributed by atoms with E-state index in [1.165, 1.54) is 7.11 Å². The van der Waals surface area contributed by atoms with Crippen molar-refractivity contribution in [2.45, 2.75) is 19.4 Å². The van der Waals surface area contributed by atoms with Gasteiger partial charge < -0.3 is 19.2 Å². The second-order valence-electron chi connectivity index (χ2n) is 5.52. The van der Waals surface area contributed by atoms with Crippen LogP contribution in [0.3, 0.4) is 0 Å². The normalized spacial score (nSPS) is 10.5. The van der Waals surface area contributed by atoms with E-state index in [1.54, 1.807) is 24.3 Å². The van der Waals surface area contributed by atoms with Gasteiger partial charge in [-0.15, -0.1) is 0 Å². The van der Waals surface area contributed by atoms with Crippen LogP contribution in [0.25, 0.3) is 11.1 Å². The van der Waals surface area contributed by atoms with Crippen LogP contribution < -0.4 is 10.1 Å². The van der Waals surface area contributed by atoms with Crippen molar-refractivity contribution < 1.29 is 23.5 Å². The van der Waals surface area contributed by atoms with Crippen molar-refractivity contribution in [3.63, 3.8) is 0 Å². The van der Waals surface area contributed by atoms with Crippen LogP contribution in [0, 0.1) is 0 Å². The molecule has 0 aliphatic rings. The number of methoxy groups -OCH3 is 1. The molecule has 3 rings (SSSR count). The van der Waals surface area contributed by atoms with Crippen LogP contribution in [0.15, 0.2) is 52.9 Å². The number of ether oxygens (including phenoxy) is 2. The number of carbonyl (C=O) groups is 2. The summed E-state index contributed by atoms with van der Waals surface area (Å²) in [4.78, 5) is 27.3. The highest BCUT2D eigenvalue weighted by Gasteiger charge is 2.09. The number of fused-ring (bicyclic) bond motifs is 1. The first-order valence-electron chi connectivity index (χ1n) is 8.08. The molecule has 0 aliphatic carbocycles. The summed E-state index contributed by atoms with van der Waals surface area (Å²) < 4.78 is 15.8. The number of nitrogens with one attached hydrogen (secondary N) is 1. The number of amides is 1. The van der Waals surface area contributed by atoms with Crippen LogP contribution in [0.2, 0.25) is 0 Å². The summed E-state index contributed by atoms with van der Waals surface area (Å²) in [6.45, 7) is 0.175. The van der Waals surface area contributed by atoms with Gasteiger partial charge in [0.05, 0.1) is 13.5 Å². The van der Waals surface area contributed by atoms with Crippen LogP contribution >= 0.6 is 0 Å². The molecule has 1 heterocycles. The highest BCUT2D eigenvalue weighted by Crippen LogP contribution is 2.20. The number of rotatable bonds is 7. The Labute approximate surface area is 149 Å². The minimum Gasteiger partial charge on any atom is -0.484 e. The first-order chi connectivity index (χ1) is 12.6. The maximum atomic E-state index is 11.8. The molecule has 0 unspecified atom stereocenters. The fourth-order valence-corrected chi connectivity index (χ4v) is 2.33. The molecule has 0 saturated carbocycles. The summed E-state index contributed by atoms with van der Waals surface area (Å²) in [5, 5.41) is 2.72. The van der Waals surface area contributed by atoms with Crippen LogP contribution in [0.5, 0.6) is 5.75 Å². The number of oxazole rings is 1. The Kier molecular flexibility index (Phi) is 5.48. The van der Waals surface area contributed by atoms with E-state index in [9.17, 15) is 9.59 Å². The molecule has 1 aromatic heterocycles. The summed E-state index contributed by atoms with van der Waals surface area (Å²) in [5.74, 6) is 0.346. The average molecular weight is 354 g/mol. The number of anilines is 1. The number of hydrogen-bond donors (Lipinski definition) is 1. The minimum atomic E-state index is -0.421. The molecule has 0 bridgehead atoms. The topological polar surface area (TPSA) is 90.7 Å². The van der Waals surface area contributed by atoms with Gasteiger partial charge in [0.15, 0.2) is 12.2 Å². The second kappa shape index (κ2) is 8.15. The zero-order chi connectivity index (χ0) is 18.4. The van der Waals surface area contributed by atoms with Crippen LogP contribution in [0.4, 0.5) is 5.69 Å². The van der Waals surface area contributed by atoms with Crippen molar-refractivity contribution in [1.82, 2.24) is 4.98 Å². The lowest BCUT2D eigenvalue weighted by atomic mass is 10.2. The molecule has 0 atom stereocenters. The van der Waals surface area contributed by atoms with Crippen LogP contribution in [0.1, 0.15) is 18.7 Å². The minimum absolute atomic E-state index is 0.0379. The van der Waals surface area contributed by atoms with Gasteiger partial charge in [-0.25, -0.2) is 4.98 Å². The van der Waals surface area contributed by atoms with Gasteiger partial charge in [0.25, 0.3) is 0 Å². The van der Waals surface area contributed by atoms with Crippen molar-refractivity contribution in [3.8, 4) is 5.75 Å². The zero-order valence-electron chi connectivity index (χ0n) is 14.2. The molecule has 7 heteroatoms. The number of para-hydroxylation sites is 2. The predicted octanol–water partition coefficient (Wildman–Crippen LogP) is 3.30. The Balaban J connectivity index is 1.56. The van der Waals surface area contributed by atoms with Gasteiger partial charge in [0, 0.05) is 18.2 Å². The molecule has 0 spiro atoms. The van der Waals surface area contributed by atoms with Gasteiger partial charge in [-0.05, 0) is 24.3 Å². The number of benzene rings is 2. The third kappa shape index (κ3) is 4.60. The van der Waals surface area contributed by atoms with E-state index in [1.807, 2.05) is 24.3 Å². The summed E-state index contributed by atoms with van der Waals surface area (Å²) in [6.07, 6.45) is 0.0942. The molecule has 3 aromatic rings. The average Bonchev–Trinajstić information content (AvgIpc) is 3.08. The summed E-state index contributed by atoms with van der Waals surface area (Å²) in [7, 11) is 1.29. The maximum absolute atomic E-state index is 11.8. The van der Waals surface area contributed by atoms with E-state index in [4.69, 9.17) is 9.15 Å². The standard InChI is InChI=1S/C19H18N2O5/c1-24-19(23)10-9-17(22)20-13-5-4-6-14(11-13)25-12-18-21-15-7-2-3-8-16(15)26-18/h2-8,11H,9-10,12H2,1H3,(H,20,22). The van der Waals surface area contributed by atoms with E-state index in [2.05, 4.69) is 15.0 Å². The molecule has 26 heavy (non-hydrogen) atoms. The maximum Gasteiger partial charge on any atom is 0.306 e. The third-order valence-corrected chi connectivity index (χ3v) is 3.60. The molecule has 1 N–H and O–H groups in total. The number of esters is 1. The molecular weight excluding hydrogens is 336 g/mol. The molecule has 0 radical (unpaired) electrons. The summed E-state index contributed by atoms with van der Waals surface area (Å²) >= 11 is 0. The lowest BCUT2D eigenvalue weighted by molar-refractivity contribution is -0.141. The Morgan fingerprint density at radius 2 is 1.96 bits per heavy atom. The zero-order valence-corrected chi connectivity index (χ0v) is 14.2. The fourth-order valence-electron chi connectivity index (χ4n) is 2.33. The molecule has 7 nitrogen and oxygen atoms in total. The first-order valence-corrected chi connectivity index (χ1v) is 8.08. The number of hydrogen-bond acceptors (Lipinski definition) is 6. The van der Waals surface area contributed by atoms with Gasteiger partial charge in [-0.2, -0.15) is 0 Å². The molecule has 0 saturated heterocycles. The quantitative estimate of drug-likeness (QED) is 0.655. The first kappa shape index (κ1) is 17.5. The van der Waals surface area contributed by atoms with Crippen molar-refractivity contribution in [2.24, 2.45) is 0 Å². The molecule has 134 valence electrons. The van der Waals surface area contributed by atoms with E-state index in [0.717, 1.165) is 5.52 Å². The highest BCUT2D eigenvalue weighted by atomic mass is 16.5. The summed E-state index contributed by atoms with van der Waals surface area (Å²) in [5.41, 5.74) is 2.06. The Bertz CT molecular complexity index is 886. The lowest BCUT2D eigenvalue weighted by Crippen LogP contribution is -2.13. The van der Waals surface area contributed by atoms with Gasteiger partial charge in [-0.1, -0.05) is 18.2 Å². The summed E-state index contributed by atoms with van der Waals surface area (Å²) in [6, 6.07) is 14.4. The van der Waals surface area contributed by atoms with Gasteiger partial charge in [0.2, 0.25) is 11.8 Å². The monoisotopic (exact) mass is 354 g/mol. The number of aromatic nitrogens is 1. The fraction of sp³-hybridized carbons (Fsp3) is 0.211. The third-order valence-electron chi connectivity index (χ3n) is 3.60. The smallest absolute Gasteiger partial charge is 0.306 e. The van der Waals surface area contributed by atoms with Gasteiger partial charge in [0.1, 0.15) is 11.3 Å². The van der Waals surface area contributed by atoms with Gasteiger partial charge in [-0.3, -0.25) is 9.59 Å². The molecule has 2 aromatic carbocycles. The van der Waals surface area contributed by atoms with Crippen molar-refractivity contribution in [2.75, 3.05) is 12.4 Å². The van der Waals surface area contributed by atoms with E-state index < -0.39 is 5.97 Å². The Hall–Kier alpha value is -3.35. The Morgan fingerprint density at radius 3 is 2.77 bits per heavy atom. The van der Waals surface area contributed by atoms with Crippen molar-refractivity contribution >= 4 is 28.7 Å². The van der Waals surface area contributed by atoms with Crippen LogP contribution in [-0.4, -0.2) is 24.0 Å². The number of carbonyl (C=O) groups excluding carboxylic acids is 2. The predicted molar refractivity (Wildman–Crippen MR) is 94.7 cm³/mol. The van der Waals surface area contributed by atoms with Crippen LogP contribution in [-0.2, 0) is 20.9 Å².